The molecule has 0 amide bonds. The maximum Gasteiger partial charge on any atom is 0.305 e. The predicted molar refractivity (Wildman–Crippen MR) is 71.4 cm³/mol. The number of benzene rings is 1. The molecular weight excluding hydrogens is 226 g/mol. The molecule has 0 heterocycles. The molecular formula is C15H21NO2. The molecule has 2 N–H and O–H groups in total. The van der Waals surface area contributed by atoms with Crippen molar-refractivity contribution in [2.45, 2.75) is 50.6 Å². The summed E-state index contributed by atoms with van der Waals surface area (Å²) >= 11 is 0. The zero-order valence-electron chi connectivity index (χ0n) is 10.7. The fraction of sp³-hybridized carbons (Fsp3) is 0.533. The van der Waals surface area contributed by atoms with E-state index >= 15 is 0 Å². The molecule has 0 bridgehead atoms. The third kappa shape index (κ3) is 3.57. The van der Waals surface area contributed by atoms with E-state index in [0.717, 1.165) is 32.2 Å². The van der Waals surface area contributed by atoms with Gasteiger partial charge in [0.2, 0.25) is 0 Å². The number of nitrogens with one attached hydrogen (secondary N) is 1. The summed E-state index contributed by atoms with van der Waals surface area (Å²) in [7, 11) is 0. The Hall–Kier alpha value is -1.35. The molecule has 0 aliphatic heterocycles. The summed E-state index contributed by atoms with van der Waals surface area (Å²) in [5.74, 6) is -0.697. The van der Waals surface area contributed by atoms with E-state index in [1.165, 1.54) is 12.0 Å². The highest BCUT2D eigenvalue weighted by atomic mass is 16.4. The van der Waals surface area contributed by atoms with Gasteiger partial charge in [-0.2, -0.15) is 0 Å². The smallest absolute Gasteiger partial charge is 0.305 e. The van der Waals surface area contributed by atoms with Crippen molar-refractivity contribution < 1.29 is 9.90 Å². The van der Waals surface area contributed by atoms with Crippen LogP contribution in [0.1, 0.15) is 44.1 Å². The van der Waals surface area contributed by atoms with Crippen LogP contribution in [0.5, 0.6) is 0 Å². The second-order valence-electron chi connectivity index (χ2n) is 5.25. The van der Waals surface area contributed by atoms with E-state index in [1.807, 2.05) is 18.2 Å². The van der Waals surface area contributed by atoms with Crippen LogP contribution in [-0.4, -0.2) is 16.6 Å². The van der Waals surface area contributed by atoms with Gasteiger partial charge in [0.05, 0.1) is 6.42 Å². The third-order valence-electron chi connectivity index (χ3n) is 3.81. The van der Waals surface area contributed by atoms with Crippen molar-refractivity contribution in [2.75, 3.05) is 0 Å². The van der Waals surface area contributed by atoms with Crippen LogP contribution in [0.25, 0.3) is 0 Å². The summed E-state index contributed by atoms with van der Waals surface area (Å²) in [6, 6.07) is 10.2. The van der Waals surface area contributed by atoms with Gasteiger partial charge in [-0.3, -0.25) is 4.79 Å². The largest absolute Gasteiger partial charge is 0.481 e. The first-order valence-corrected chi connectivity index (χ1v) is 6.71. The van der Waals surface area contributed by atoms with Crippen molar-refractivity contribution >= 4 is 5.97 Å². The number of carbonyl (C=O) groups is 1. The lowest BCUT2D eigenvalue weighted by molar-refractivity contribution is -0.139. The number of hydrogen-bond acceptors (Lipinski definition) is 2. The lowest BCUT2D eigenvalue weighted by Crippen LogP contribution is -2.47. The van der Waals surface area contributed by atoms with Gasteiger partial charge in [-0.15, -0.1) is 0 Å². The van der Waals surface area contributed by atoms with Crippen LogP contribution in [0.4, 0.5) is 0 Å². The third-order valence-corrected chi connectivity index (χ3v) is 3.81. The molecule has 0 unspecified atom stereocenters. The Morgan fingerprint density at radius 3 is 2.44 bits per heavy atom. The summed E-state index contributed by atoms with van der Waals surface area (Å²) in [4.78, 5) is 11.0. The van der Waals surface area contributed by atoms with E-state index in [4.69, 9.17) is 5.11 Å². The predicted octanol–water partition coefficient (Wildman–Crippen LogP) is 2.95. The Morgan fingerprint density at radius 2 is 1.83 bits per heavy atom. The molecule has 0 radical (unpaired) electrons. The Balaban J connectivity index is 1.99. The van der Waals surface area contributed by atoms with Crippen molar-refractivity contribution in [3.63, 3.8) is 0 Å². The van der Waals surface area contributed by atoms with E-state index in [9.17, 15) is 4.79 Å². The first-order chi connectivity index (χ1) is 8.70. The van der Waals surface area contributed by atoms with Gasteiger partial charge >= 0.3 is 5.97 Å². The second kappa shape index (κ2) is 6.01. The molecule has 0 atom stereocenters. The van der Waals surface area contributed by atoms with Crippen LogP contribution in [0, 0.1) is 0 Å². The molecule has 1 aliphatic rings. The minimum atomic E-state index is -0.697. The molecule has 0 spiro atoms. The fourth-order valence-electron chi connectivity index (χ4n) is 2.82. The molecule has 1 aromatic carbocycles. The monoisotopic (exact) mass is 247 g/mol. The summed E-state index contributed by atoms with van der Waals surface area (Å²) in [5, 5.41) is 12.6. The van der Waals surface area contributed by atoms with Gasteiger partial charge in [0, 0.05) is 12.1 Å². The number of rotatable bonds is 5. The van der Waals surface area contributed by atoms with Gasteiger partial charge in [0.25, 0.3) is 0 Å². The summed E-state index contributed by atoms with van der Waals surface area (Å²) in [6.07, 6.45) is 5.69. The maximum atomic E-state index is 11.0. The van der Waals surface area contributed by atoms with Gasteiger partial charge in [0.15, 0.2) is 0 Å². The zero-order valence-corrected chi connectivity index (χ0v) is 10.7. The molecule has 3 nitrogen and oxygen atoms in total. The maximum absolute atomic E-state index is 11.0. The minimum Gasteiger partial charge on any atom is -0.481 e. The minimum absolute atomic E-state index is 0.195. The van der Waals surface area contributed by atoms with E-state index in [2.05, 4.69) is 17.4 Å². The van der Waals surface area contributed by atoms with Crippen molar-refractivity contribution in [3.05, 3.63) is 35.9 Å². The fourth-order valence-corrected chi connectivity index (χ4v) is 2.82. The normalized spacial score (nSPS) is 18.4. The van der Waals surface area contributed by atoms with Gasteiger partial charge in [-0.25, -0.2) is 0 Å². The lowest BCUT2D eigenvalue weighted by Gasteiger charge is -2.37. The molecule has 0 saturated heterocycles. The Kier molecular flexibility index (Phi) is 4.37. The average molecular weight is 247 g/mol. The standard InChI is InChI=1S/C15H21NO2/c17-14(18)11-15(9-5-2-6-10-15)16-12-13-7-3-1-4-8-13/h1,3-4,7-8,16H,2,5-6,9-12H2,(H,17,18). The number of hydrogen-bond donors (Lipinski definition) is 2. The van der Waals surface area contributed by atoms with Crippen molar-refractivity contribution in [1.82, 2.24) is 5.32 Å². The first kappa shape index (κ1) is 13.1. The first-order valence-electron chi connectivity index (χ1n) is 6.71. The van der Waals surface area contributed by atoms with Crippen LogP contribution in [0.15, 0.2) is 30.3 Å². The van der Waals surface area contributed by atoms with Gasteiger partial charge in [-0.1, -0.05) is 49.6 Å². The highest BCUT2D eigenvalue weighted by Gasteiger charge is 2.33. The molecule has 1 fully saturated rings. The van der Waals surface area contributed by atoms with E-state index in [0.29, 0.717) is 0 Å². The molecule has 1 saturated carbocycles. The van der Waals surface area contributed by atoms with Crippen molar-refractivity contribution in [3.8, 4) is 0 Å². The van der Waals surface area contributed by atoms with Crippen LogP contribution >= 0.6 is 0 Å². The Morgan fingerprint density at radius 1 is 1.17 bits per heavy atom. The SMILES string of the molecule is O=C(O)CC1(NCc2ccccc2)CCCCC1. The average Bonchev–Trinajstić information content (AvgIpc) is 2.38. The van der Waals surface area contributed by atoms with Crippen LogP contribution in [0.2, 0.25) is 0 Å². The van der Waals surface area contributed by atoms with E-state index in [-0.39, 0.29) is 12.0 Å². The molecule has 3 heteroatoms. The van der Waals surface area contributed by atoms with Crippen LogP contribution < -0.4 is 5.32 Å². The summed E-state index contributed by atoms with van der Waals surface area (Å²) < 4.78 is 0. The highest BCUT2D eigenvalue weighted by Crippen LogP contribution is 2.31. The van der Waals surface area contributed by atoms with Gasteiger partial charge < -0.3 is 10.4 Å². The van der Waals surface area contributed by atoms with Crippen LogP contribution in [0.3, 0.4) is 0 Å². The van der Waals surface area contributed by atoms with E-state index < -0.39 is 5.97 Å². The Labute approximate surface area is 108 Å². The molecule has 98 valence electrons. The molecule has 1 aromatic rings. The number of aliphatic carboxylic acids is 1. The number of carboxylic acids is 1. The highest BCUT2D eigenvalue weighted by molar-refractivity contribution is 5.68. The van der Waals surface area contributed by atoms with Crippen LogP contribution in [-0.2, 0) is 11.3 Å². The molecule has 18 heavy (non-hydrogen) atoms. The van der Waals surface area contributed by atoms with Gasteiger partial charge in [-0.05, 0) is 18.4 Å². The topological polar surface area (TPSA) is 49.3 Å². The molecule has 1 aliphatic carbocycles. The lowest BCUT2D eigenvalue weighted by atomic mass is 9.79. The van der Waals surface area contributed by atoms with Gasteiger partial charge in [0.1, 0.15) is 0 Å². The Bertz CT molecular complexity index is 383. The summed E-state index contributed by atoms with van der Waals surface area (Å²) in [6.45, 7) is 0.758. The molecule has 2 rings (SSSR count). The van der Waals surface area contributed by atoms with Crippen molar-refractivity contribution in [2.24, 2.45) is 0 Å². The van der Waals surface area contributed by atoms with Crippen molar-refractivity contribution in [1.29, 1.82) is 0 Å². The number of carboxylic acid groups (broad SMARTS) is 1. The second-order valence-corrected chi connectivity index (χ2v) is 5.25. The summed E-state index contributed by atoms with van der Waals surface area (Å²) in [5.41, 5.74) is 1.02. The van der Waals surface area contributed by atoms with E-state index in [1.54, 1.807) is 0 Å². The zero-order chi connectivity index (χ0) is 12.8. The molecule has 0 aromatic heterocycles. The quantitative estimate of drug-likeness (QED) is 0.841.